The Hall–Kier alpha value is -2.30. The van der Waals surface area contributed by atoms with E-state index < -0.39 is 0 Å². The number of benzene rings is 1. The van der Waals surface area contributed by atoms with E-state index in [4.69, 9.17) is 0 Å². The van der Waals surface area contributed by atoms with Crippen LogP contribution >= 0.6 is 0 Å². The normalized spacial score (nSPS) is 15.3. The highest BCUT2D eigenvalue weighted by atomic mass is 16.2. The molecule has 20 heavy (non-hydrogen) atoms. The molecule has 1 aromatic carbocycles. The lowest BCUT2D eigenvalue weighted by Gasteiger charge is -2.31. The van der Waals surface area contributed by atoms with E-state index in [9.17, 15) is 9.59 Å². The Morgan fingerprint density at radius 2 is 1.65 bits per heavy atom. The lowest BCUT2D eigenvalue weighted by atomic mass is 10.1. The van der Waals surface area contributed by atoms with E-state index >= 15 is 0 Å². The molecule has 0 aliphatic carbocycles. The van der Waals surface area contributed by atoms with Crippen molar-refractivity contribution in [3.8, 4) is 11.3 Å². The van der Waals surface area contributed by atoms with Gasteiger partial charge in [0.05, 0.1) is 5.69 Å². The summed E-state index contributed by atoms with van der Waals surface area (Å²) in [6, 6.07) is 11.0. The first-order valence-corrected chi connectivity index (χ1v) is 6.93. The van der Waals surface area contributed by atoms with Crippen LogP contribution in [-0.4, -0.2) is 22.7 Å². The predicted molar refractivity (Wildman–Crippen MR) is 78.6 cm³/mol. The minimum Gasteiger partial charge on any atom is -0.308 e. The van der Waals surface area contributed by atoms with Gasteiger partial charge in [0, 0.05) is 24.7 Å². The van der Waals surface area contributed by atoms with Gasteiger partial charge in [-0.2, -0.15) is 0 Å². The van der Waals surface area contributed by atoms with Crippen molar-refractivity contribution < 1.29 is 0 Å². The number of piperidine rings is 1. The fourth-order valence-corrected chi connectivity index (χ4v) is 2.66. The molecule has 0 atom stereocenters. The monoisotopic (exact) mass is 271 g/mol. The number of aromatic amines is 1. The van der Waals surface area contributed by atoms with Crippen LogP contribution in [-0.2, 0) is 0 Å². The van der Waals surface area contributed by atoms with Crippen LogP contribution in [0.5, 0.6) is 0 Å². The third-order valence-corrected chi connectivity index (χ3v) is 3.60. The number of hydrogen-bond donors (Lipinski definition) is 1. The average molecular weight is 271 g/mol. The summed E-state index contributed by atoms with van der Waals surface area (Å²) in [5, 5.41) is 2.02. The maximum Gasteiger partial charge on any atom is 0.347 e. The van der Waals surface area contributed by atoms with Gasteiger partial charge in [0.25, 0.3) is 5.56 Å². The molecule has 5 heteroatoms. The van der Waals surface area contributed by atoms with Crippen molar-refractivity contribution in [3.63, 3.8) is 0 Å². The van der Waals surface area contributed by atoms with E-state index in [1.807, 2.05) is 35.3 Å². The first-order chi connectivity index (χ1) is 9.75. The number of aromatic nitrogens is 2. The van der Waals surface area contributed by atoms with Gasteiger partial charge >= 0.3 is 5.69 Å². The number of nitrogens with one attached hydrogen (secondary N) is 1. The Morgan fingerprint density at radius 1 is 0.950 bits per heavy atom. The van der Waals surface area contributed by atoms with Crippen LogP contribution in [0.25, 0.3) is 11.3 Å². The Balaban J connectivity index is 2.17. The quantitative estimate of drug-likeness (QED) is 0.896. The molecule has 1 N–H and O–H groups in total. The molecule has 0 amide bonds. The molecule has 0 unspecified atom stereocenters. The van der Waals surface area contributed by atoms with E-state index in [0.717, 1.165) is 31.5 Å². The smallest absolute Gasteiger partial charge is 0.308 e. The fraction of sp³-hybridized carbons (Fsp3) is 0.333. The number of H-pyrrole nitrogens is 1. The van der Waals surface area contributed by atoms with Crippen molar-refractivity contribution in [3.05, 3.63) is 57.2 Å². The van der Waals surface area contributed by atoms with Crippen molar-refractivity contribution in [2.75, 3.05) is 18.1 Å². The molecule has 1 saturated heterocycles. The summed E-state index contributed by atoms with van der Waals surface area (Å²) in [5.41, 5.74) is 0.808. The zero-order chi connectivity index (χ0) is 13.9. The first-order valence-electron chi connectivity index (χ1n) is 6.93. The molecule has 3 rings (SSSR count). The Labute approximate surface area is 116 Å². The Bertz CT molecular complexity index is 697. The Morgan fingerprint density at radius 3 is 2.35 bits per heavy atom. The van der Waals surface area contributed by atoms with Crippen LogP contribution in [0, 0.1) is 0 Å². The fourth-order valence-electron chi connectivity index (χ4n) is 2.66. The standard InChI is InChI=1S/C15H17N3O2/c19-14-11-13(12-7-3-1-4-8-12)18(15(20)16-14)17-9-5-2-6-10-17/h1,3-4,7-8,11H,2,5-6,9-10H2,(H,16,19,20). The summed E-state index contributed by atoms with van der Waals surface area (Å²) in [7, 11) is 0. The number of nitrogens with zero attached hydrogens (tertiary/aromatic N) is 2. The van der Waals surface area contributed by atoms with Crippen LogP contribution in [0.3, 0.4) is 0 Å². The summed E-state index contributed by atoms with van der Waals surface area (Å²) in [6.07, 6.45) is 3.33. The molecule has 0 saturated carbocycles. The molecule has 0 bridgehead atoms. The largest absolute Gasteiger partial charge is 0.347 e. The predicted octanol–water partition coefficient (Wildman–Crippen LogP) is 1.33. The maximum absolute atomic E-state index is 12.2. The topological polar surface area (TPSA) is 58.1 Å². The van der Waals surface area contributed by atoms with Crippen molar-refractivity contribution in [1.82, 2.24) is 9.66 Å². The van der Waals surface area contributed by atoms with Crippen LogP contribution in [0.15, 0.2) is 46.0 Å². The van der Waals surface area contributed by atoms with E-state index in [0.29, 0.717) is 5.69 Å². The minimum atomic E-state index is -0.363. The van der Waals surface area contributed by atoms with Gasteiger partial charge < -0.3 is 5.01 Å². The van der Waals surface area contributed by atoms with Gasteiger partial charge in [-0.05, 0) is 19.3 Å². The van der Waals surface area contributed by atoms with Gasteiger partial charge in [-0.25, -0.2) is 9.47 Å². The highest BCUT2D eigenvalue weighted by molar-refractivity contribution is 5.59. The molecular formula is C15H17N3O2. The van der Waals surface area contributed by atoms with Crippen LogP contribution in [0.2, 0.25) is 0 Å². The average Bonchev–Trinajstić information content (AvgIpc) is 2.48. The van der Waals surface area contributed by atoms with E-state index in [-0.39, 0.29) is 11.2 Å². The highest BCUT2D eigenvalue weighted by Crippen LogP contribution is 2.17. The summed E-state index contributed by atoms with van der Waals surface area (Å²) >= 11 is 0. The molecule has 1 aromatic heterocycles. The number of hydrogen-bond acceptors (Lipinski definition) is 3. The molecule has 0 radical (unpaired) electrons. The SMILES string of the molecule is O=c1cc(-c2ccccc2)n(N2CCCCC2)c(=O)[nH]1. The summed E-state index contributed by atoms with van der Waals surface area (Å²) in [4.78, 5) is 26.2. The van der Waals surface area contributed by atoms with Gasteiger partial charge in [0.15, 0.2) is 0 Å². The van der Waals surface area contributed by atoms with Gasteiger partial charge in [-0.3, -0.25) is 9.78 Å². The molecule has 2 aromatic rings. The summed E-state index contributed by atoms with van der Waals surface area (Å²) in [6.45, 7) is 1.68. The Kier molecular flexibility index (Phi) is 3.41. The molecule has 2 heterocycles. The van der Waals surface area contributed by atoms with E-state index in [1.54, 1.807) is 4.68 Å². The third kappa shape index (κ3) is 2.39. The molecule has 1 aliphatic rings. The lowest BCUT2D eigenvalue weighted by molar-refractivity contribution is 0.467. The van der Waals surface area contributed by atoms with Crippen molar-refractivity contribution >= 4 is 0 Å². The zero-order valence-corrected chi connectivity index (χ0v) is 11.2. The minimum absolute atomic E-state index is 0.359. The first kappa shape index (κ1) is 12.7. The molecular weight excluding hydrogens is 254 g/mol. The second-order valence-corrected chi connectivity index (χ2v) is 5.02. The van der Waals surface area contributed by atoms with Gasteiger partial charge in [0.1, 0.15) is 0 Å². The molecule has 1 fully saturated rings. The molecule has 1 aliphatic heterocycles. The summed E-state index contributed by atoms with van der Waals surface area (Å²) in [5.74, 6) is 0. The lowest BCUT2D eigenvalue weighted by Crippen LogP contribution is -2.48. The second kappa shape index (κ2) is 5.36. The molecule has 104 valence electrons. The van der Waals surface area contributed by atoms with Crippen LogP contribution in [0.1, 0.15) is 19.3 Å². The molecule has 5 nitrogen and oxygen atoms in total. The second-order valence-electron chi connectivity index (χ2n) is 5.02. The highest BCUT2D eigenvalue weighted by Gasteiger charge is 2.16. The third-order valence-electron chi connectivity index (χ3n) is 3.60. The van der Waals surface area contributed by atoms with Gasteiger partial charge in [0.2, 0.25) is 0 Å². The van der Waals surface area contributed by atoms with Gasteiger partial charge in [-0.1, -0.05) is 30.3 Å². The van der Waals surface area contributed by atoms with Crippen molar-refractivity contribution in [1.29, 1.82) is 0 Å². The summed E-state index contributed by atoms with van der Waals surface area (Å²) < 4.78 is 1.61. The number of rotatable bonds is 2. The van der Waals surface area contributed by atoms with E-state index in [2.05, 4.69) is 4.98 Å². The van der Waals surface area contributed by atoms with Crippen molar-refractivity contribution in [2.24, 2.45) is 0 Å². The van der Waals surface area contributed by atoms with Gasteiger partial charge in [-0.15, -0.1) is 0 Å². The maximum atomic E-state index is 12.2. The van der Waals surface area contributed by atoms with Crippen molar-refractivity contribution in [2.45, 2.75) is 19.3 Å². The van der Waals surface area contributed by atoms with Crippen LogP contribution in [0.4, 0.5) is 0 Å². The van der Waals surface area contributed by atoms with E-state index in [1.165, 1.54) is 12.5 Å². The van der Waals surface area contributed by atoms with Crippen LogP contribution < -0.4 is 16.3 Å². The zero-order valence-electron chi connectivity index (χ0n) is 11.2. The molecule has 0 spiro atoms.